The van der Waals surface area contributed by atoms with Crippen molar-refractivity contribution in [2.75, 3.05) is 0 Å². The summed E-state index contributed by atoms with van der Waals surface area (Å²) in [4.78, 5) is 11.7. The average Bonchev–Trinajstić information content (AvgIpc) is 2.77. The van der Waals surface area contributed by atoms with Crippen LogP contribution < -0.4 is 0 Å². The van der Waals surface area contributed by atoms with E-state index < -0.39 is 17.0 Å². The number of benzene rings is 1. The molecule has 0 spiro atoms. The fourth-order valence-electron chi connectivity index (χ4n) is 2.82. The SMILES string of the molecule is C[C@@](C(=O)O)(c1ccccc1)C1(O)CCCC1. The van der Waals surface area contributed by atoms with Gasteiger partial charge in [0.15, 0.2) is 0 Å². The fraction of sp³-hybridized carbons (Fsp3) is 0.500. The monoisotopic (exact) mass is 234 g/mol. The van der Waals surface area contributed by atoms with E-state index in [4.69, 9.17) is 0 Å². The molecule has 17 heavy (non-hydrogen) atoms. The molecule has 1 saturated carbocycles. The number of carboxylic acid groups (broad SMARTS) is 1. The van der Waals surface area contributed by atoms with Crippen molar-refractivity contribution in [1.29, 1.82) is 0 Å². The van der Waals surface area contributed by atoms with E-state index in [-0.39, 0.29) is 0 Å². The molecule has 0 saturated heterocycles. The predicted octanol–water partition coefficient (Wildman–Crippen LogP) is 2.33. The second-order valence-corrected chi connectivity index (χ2v) is 5.03. The third-order valence-electron chi connectivity index (χ3n) is 4.14. The molecule has 1 aromatic carbocycles. The van der Waals surface area contributed by atoms with Gasteiger partial charge in [-0.1, -0.05) is 43.2 Å². The summed E-state index contributed by atoms with van der Waals surface area (Å²) in [5, 5.41) is 20.2. The Balaban J connectivity index is 2.50. The molecule has 0 aromatic heterocycles. The van der Waals surface area contributed by atoms with Crippen LogP contribution in [0.5, 0.6) is 0 Å². The molecule has 3 nitrogen and oxygen atoms in total. The number of hydrogen-bond donors (Lipinski definition) is 2. The second-order valence-electron chi connectivity index (χ2n) is 5.03. The third kappa shape index (κ3) is 1.75. The molecular weight excluding hydrogens is 216 g/mol. The van der Waals surface area contributed by atoms with Gasteiger partial charge in [0.2, 0.25) is 0 Å². The van der Waals surface area contributed by atoms with Crippen LogP contribution in [0.1, 0.15) is 38.2 Å². The van der Waals surface area contributed by atoms with E-state index >= 15 is 0 Å². The van der Waals surface area contributed by atoms with Crippen LogP contribution in [0.3, 0.4) is 0 Å². The van der Waals surface area contributed by atoms with Gasteiger partial charge in [0, 0.05) is 0 Å². The zero-order chi connectivity index (χ0) is 12.5. The first-order valence-corrected chi connectivity index (χ1v) is 6.02. The number of aliphatic carboxylic acids is 1. The van der Waals surface area contributed by atoms with Gasteiger partial charge in [-0.05, 0) is 25.3 Å². The molecule has 0 bridgehead atoms. The van der Waals surface area contributed by atoms with Crippen LogP contribution in [0.4, 0.5) is 0 Å². The molecule has 1 atom stereocenters. The Morgan fingerprint density at radius 1 is 1.24 bits per heavy atom. The lowest BCUT2D eigenvalue weighted by Crippen LogP contribution is -2.53. The maximum Gasteiger partial charge on any atom is 0.316 e. The number of rotatable bonds is 3. The van der Waals surface area contributed by atoms with Gasteiger partial charge in [-0.3, -0.25) is 4.79 Å². The summed E-state index contributed by atoms with van der Waals surface area (Å²) in [7, 11) is 0. The molecule has 1 aliphatic carbocycles. The van der Waals surface area contributed by atoms with Crippen molar-refractivity contribution in [3.63, 3.8) is 0 Å². The van der Waals surface area contributed by atoms with Gasteiger partial charge in [0.25, 0.3) is 0 Å². The van der Waals surface area contributed by atoms with Crippen LogP contribution in [0.2, 0.25) is 0 Å². The summed E-state index contributed by atoms with van der Waals surface area (Å²) in [5.41, 5.74) is -1.66. The number of aliphatic hydroxyl groups is 1. The number of hydrogen-bond acceptors (Lipinski definition) is 2. The van der Waals surface area contributed by atoms with E-state index in [0.717, 1.165) is 12.8 Å². The summed E-state index contributed by atoms with van der Waals surface area (Å²) in [6.07, 6.45) is 2.91. The van der Waals surface area contributed by atoms with Crippen molar-refractivity contribution >= 4 is 5.97 Å². The summed E-state index contributed by atoms with van der Waals surface area (Å²) in [6, 6.07) is 9.04. The maximum absolute atomic E-state index is 11.7. The largest absolute Gasteiger partial charge is 0.481 e. The van der Waals surface area contributed by atoms with Crippen LogP contribution in [0, 0.1) is 0 Å². The molecule has 0 heterocycles. The Kier molecular flexibility index (Phi) is 2.96. The highest BCUT2D eigenvalue weighted by Gasteiger charge is 2.54. The topological polar surface area (TPSA) is 57.5 Å². The van der Waals surface area contributed by atoms with Gasteiger partial charge >= 0.3 is 5.97 Å². The summed E-state index contributed by atoms with van der Waals surface area (Å²) in [5.74, 6) is -0.951. The van der Waals surface area contributed by atoms with E-state index in [1.807, 2.05) is 18.2 Å². The third-order valence-corrected chi connectivity index (χ3v) is 4.14. The predicted molar refractivity (Wildman–Crippen MR) is 64.8 cm³/mol. The molecule has 1 aromatic rings. The van der Waals surface area contributed by atoms with Gasteiger partial charge in [-0.25, -0.2) is 0 Å². The minimum absolute atomic E-state index is 0.560. The summed E-state index contributed by atoms with van der Waals surface area (Å²) in [6.45, 7) is 1.63. The number of carbonyl (C=O) groups is 1. The van der Waals surface area contributed by atoms with Crippen LogP contribution >= 0.6 is 0 Å². The molecule has 0 unspecified atom stereocenters. The first-order valence-electron chi connectivity index (χ1n) is 6.02. The molecular formula is C14H18O3. The molecule has 3 heteroatoms. The Morgan fingerprint density at radius 3 is 2.24 bits per heavy atom. The highest BCUT2D eigenvalue weighted by molar-refractivity contribution is 5.82. The first kappa shape index (κ1) is 12.1. The molecule has 92 valence electrons. The zero-order valence-corrected chi connectivity index (χ0v) is 10.0. The molecule has 0 radical (unpaired) electrons. The number of carboxylic acids is 1. The van der Waals surface area contributed by atoms with Crippen molar-refractivity contribution in [2.45, 2.75) is 43.6 Å². The van der Waals surface area contributed by atoms with E-state index in [1.165, 1.54) is 0 Å². The summed E-state index contributed by atoms with van der Waals surface area (Å²) >= 11 is 0. The van der Waals surface area contributed by atoms with E-state index in [9.17, 15) is 15.0 Å². The van der Waals surface area contributed by atoms with Gasteiger partial charge in [-0.15, -0.1) is 0 Å². The standard InChI is InChI=1S/C14H18O3/c1-13(12(15)16,11-7-3-2-4-8-11)14(17)9-5-6-10-14/h2-4,7-8,17H,5-6,9-10H2,1H3,(H,15,16)/t13-/m0/s1. The lowest BCUT2D eigenvalue weighted by atomic mass is 9.67. The van der Waals surface area contributed by atoms with Crippen LogP contribution in [0.25, 0.3) is 0 Å². The van der Waals surface area contributed by atoms with Gasteiger partial charge in [0.1, 0.15) is 5.41 Å². The lowest BCUT2D eigenvalue weighted by Gasteiger charge is -2.39. The smallest absolute Gasteiger partial charge is 0.316 e. The van der Waals surface area contributed by atoms with Crippen LogP contribution in [-0.4, -0.2) is 21.8 Å². The Morgan fingerprint density at radius 2 is 1.76 bits per heavy atom. The second kappa shape index (κ2) is 4.15. The van der Waals surface area contributed by atoms with Crippen molar-refractivity contribution in [2.24, 2.45) is 0 Å². The molecule has 2 N–H and O–H groups in total. The van der Waals surface area contributed by atoms with Crippen LogP contribution in [-0.2, 0) is 10.2 Å². The van der Waals surface area contributed by atoms with Gasteiger partial charge < -0.3 is 10.2 Å². The summed E-state index contributed by atoms with van der Waals surface area (Å²) < 4.78 is 0. The van der Waals surface area contributed by atoms with Crippen LogP contribution in [0.15, 0.2) is 30.3 Å². The molecule has 2 rings (SSSR count). The molecule has 1 aliphatic rings. The van der Waals surface area contributed by atoms with Crippen molar-refractivity contribution in [1.82, 2.24) is 0 Å². The fourth-order valence-corrected chi connectivity index (χ4v) is 2.82. The van der Waals surface area contributed by atoms with Crippen molar-refractivity contribution in [3.8, 4) is 0 Å². The first-order chi connectivity index (χ1) is 8.01. The quantitative estimate of drug-likeness (QED) is 0.844. The van der Waals surface area contributed by atoms with Gasteiger partial charge in [-0.2, -0.15) is 0 Å². The molecule has 1 fully saturated rings. The minimum atomic E-state index is -1.22. The lowest BCUT2D eigenvalue weighted by molar-refractivity contribution is -0.155. The van der Waals surface area contributed by atoms with Crippen molar-refractivity contribution < 1.29 is 15.0 Å². The Labute approximate surface area is 101 Å². The van der Waals surface area contributed by atoms with E-state index in [2.05, 4.69) is 0 Å². The Bertz CT molecular complexity index is 407. The normalized spacial score (nSPS) is 22.0. The zero-order valence-electron chi connectivity index (χ0n) is 10.0. The minimum Gasteiger partial charge on any atom is -0.481 e. The Hall–Kier alpha value is -1.35. The van der Waals surface area contributed by atoms with E-state index in [1.54, 1.807) is 19.1 Å². The van der Waals surface area contributed by atoms with E-state index in [0.29, 0.717) is 18.4 Å². The van der Waals surface area contributed by atoms with Gasteiger partial charge in [0.05, 0.1) is 5.60 Å². The van der Waals surface area contributed by atoms with Crippen molar-refractivity contribution in [3.05, 3.63) is 35.9 Å². The highest BCUT2D eigenvalue weighted by Crippen LogP contribution is 2.45. The highest BCUT2D eigenvalue weighted by atomic mass is 16.4. The molecule has 0 aliphatic heterocycles. The average molecular weight is 234 g/mol. The maximum atomic E-state index is 11.7. The molecule has 0 amide bonds.